The third-order valence-corrected chi connectivity index (χ3v) is 1.56. The fourth-order valence-corrected chi connectivity index (χ4v) is 0.891. The van der Waals surface area contributed by atoms with Crippen LogP contribution in [0.3, 0.4) is 0 Å². The Kier molecular flexibility index (Phi) is 3.91. The maximum absolute atomic E-state index is 10.4. The lowest BCUT2D eigenvalue weighted by molar-refractivity contribution is -0.117. The first-order chi connectivity index (χ1) is 3.68. The zero-order valence-corrected chi connectivity index (χ0v) is 5.99. The summed E-state index contributed by atoms with van der Waals surface area (Å²) in [5.41, 5.74) is 5.36. The molecule has 0 amide bonds. The van der Waals surface area contributed by atoms with Gasteiger partial charge in [-0.1, -0.05) is 0 Å². The Morgan fingerprint density at radius 2 is 2.38 bits per heavy atom. The molecule has 0 rings (SSSR count). The Balaban J connectivity index is 3.32. The van der Waals surface area contributed by atoms with Crippen LogP contribution in [0.5, 0.6) is 0 Å². The minimum Gasteiger partial charge on any atom is -0.321 e. The number of hydrogen-bond donors (Lipinski definition) is 1. The van der Waals surface area contributed by atoms with E-state index in [1.165, 1.54) is 6.92 Å². The van der Waals surface area contributed by atoms with Crippen LogP contribution in [0.2, 0.25) is 0 Å². The average Bonchev–Trinajstić information content (AvgIpc) is 1.67. The van der Waals surface area contributed by atoms with E-state index in [1.54, 1.807) is 11.8 Å². The summed E-state index contributed by atoms with van der Waals surface area (Å²) in [5, 5.41) is 0. The molecule has 0 aliphatic rings. The second-order valence-electron chi connectivity index (χ2n) is 1.67. The van der Waals surface area contributed by atoms with Crippen LogP contribution >= 0.6 is 11.8 Å². The van der Waals surface area contributed by atoms with Crippen LogP contribution in [0.15, 0.2) is 0 Å². The van der Waals surface area contributed by atoms with Crippen molar-refractivity contribution in [2.24, 2.45) is 5.73 Å². The molecule has 48 valence electrons. The topological polar surface area (TPSA) is 43.1 Å². The maximum Gasteiger partial charge on any atom is 0.147 e. The number of Topliss-reactive ketones (excluding diaryl/α,β-unsaturated/α-hetero) is 1. The predicted octanol–water partition coefficient (Wildman–Crippen LogP) is 0.266. The highest BCUT2D eigenvalue weighted by Crippen LogP contribution is 1.94. The summed E-state index contributed by atoms with van der Waals surface area (Å²) < 4.78 is 0. The SMILES string of the molecule is CSCC(N)C(C)=O. The molecule has 8 heavy (non-hydrogen) atoms. The molecule has 0 saturated carbocycles. The largest absolute Gasteiger partial charge is 0.321 e. The fraction of sp³-hybridized carbons (Fsp3) is 0.800. The normalized spacial score (nSPS) is 13.4. The van der Waals surface area contributed by atoms with Gasteiger partial charge in [-0.15, -0.1) is 0 Å². The molecule has 0 aromatic rings. The molecule has 0 heterocycles. The zero-order valence-electron chi connectivity index (χ0n) is 5.18. The van der Waals surface area contributed by atoms with Crippen molar-refractivity contribution >= 4 is 17.5 Å². The first-order valence-electron chi connectivity index (χ1n) is 2.43. The summed E-state index contributed by atoms with van der Waals surface area (Å²) in [7, 11) is 0. The molecule has 0 bridgehead atoms. The Labute approximate surface area is 53.8 Å². The van der Waals surface area contributed by atoms with E-state index in [-0.39, 0.29) is 11.8 Å². The minimum atomic E-state index is -0.259. The molecule has 0 aromatic carbocycles. The predicted molar refractivity (Wildman–Crippen MR) is 37.0 cm³/mol. The van der Waals surface area contributed by atoms with Crippen LogP contribution in [0.25, 0.3) is 0 Å². The molecule has 0 saturated heterocycles. The minimum absolute atomic E-state index is 0.0688. The number of carbonyl (C=O) groups excluding carboxylic acids is 1. The van der Waals surface area contributed by atoms with Gasteiger partial charge in [-0.05, 0) is 13.2 Å². The summed E-state index contributed by atoms with van der Waals surface area (Å²) in [6.07, 6.45) is 1.93. The van der Waals surface area contributed by atoms with Crippen LogP contribution in [-0.2, 0) is 4.79 Å². The molecule has 0 aliphatic carbocycles. The van der Waals surface area contributed by atoms with Gasteiger partial charge in [0.15, 0.2) is 0 Å². The molecule has 0 spiro atoms. The number of rotatable bonds is 3. The van der Waals surface area contributed by atoms with Gasteiger partial charge in [-0.3, -0.25) is 4.79 Å². The quantitative estimate of drug-likeness (QED) is 0.600. The molecule has 0 aliphatic heterocycles. The van der Waals surface area contributed by atoms with Crippen molar-refractivity contribution in [3.8, 4) is 0 Å². The standard InChI is InChI=1S/C5H11NOS/c1-4(7)5(6)3-8-2/h5H,3,6H2,1-2H3. The van der Waals surface area contributed by atoms with Crippen LogP contribution in [0, 0.1) is 0 Å². The number of hydrogen-bond acceptors (Lipinski definition) is 3. The molecule has 1 unspecified atom stereocenters. The second-order valence-corrected chi connectivity index (χ2v) is 2.58. The molecule has 2 N–H and O–H groups in total. The van der Waals surface area contributed by atoms with E-state index in [1.807, 2.05) is 6.26 Å². The van der Waals surface area contributed by atoms with Gasteiger partial charge in [0.1, 0.15) is 5.78 Å². The molecule has 0 radical (unpaired) electrons. The Morgan fingerprint density at radius 3 is 2.50 bits per heavy atom. The number of thioether (sulfide) groups is 1. The van der Waals surface area contributed by atoms with Crippen molar-refractivity contribution in [3.63, 3.8) is 0 Å². The van der Waals surface area contributed by atoms with Crippen LogP contribution < -0.4 is 5.73 Å². The Hall–Kier alpha value is -0.0200. The van der Waals surface area contributed by atoms with E-state index in [0.29, 0.717) is 0 Å². The Morgan fingerprint density at radius 1 is 1.88 bits per heavy atom. The van der Waals surface area contributed by atoms with E-state index in [9.17, 15) is 4.79 Å². The first kappa shape index (κ1) is 7.98. The monoisotopic (exact) mass is 133 g/mol. The summed E-state index contributed by atoms with van der Waals surface area (Å²) >= 11 is 1.59. The van der Waals surface area contributed by atoms with Gasteiger partial charge in [0.25, 0.3) is 0 Å². The zero-order chi connectivity index (χ0) is 6.57. The van der Waals surface area contributed by atoms with Gasteiger partial charge in [0, 0.05) is 5.75 Å². The third kappa shape index (κ3) is 3.04. The number of carbonyl (C=O) groups is 1. The third-order valence-electron chi connectivity index (χ3n) is 0.868. The maximum atomic E-state index is 10.4. The number of ketones is 1. The van der Waals surface area contributed by atoms with Crippen molar-refractivity contribution in [1.29, 1.82) is 0 Å². The smallest absolute Gasteiger partial charge is 0.147 e. The van der Waals surface area contributed by atoms with Crippen molar-refractivity contribution in [3.05, 3.63) is 0 Å². The highest BCUT2D eigenvalue weighted by atomic mass is 32.2. The van der Waals surface area contributed by atoms with E-state index in [2.05, 4.69) is 0 Å². The van der Waals surface area contributed by atoms with Gasteiger partial charge in [0.05, 0.1) is 6.04 Å². The number of nitrogens with two attached hydrogens (primary N) is 1. The van der Waals surface area contributed by atoms with Gasteiger partial charge in [-0.25, -0.2) is 0 Å². The highest BCUT2D eigenvalue weighted by molar-refractivity contribution is 7.98. The van der Waals surface area contributed by atoms with Gasteiger partial charge in [0.2, 0.25) is 0 Å². The van der Waals surface area contributed by atoms with Gasteiger partial charge in [-0.2, -0.15) is 11.8 Å². The Bertz CT molecular complexity index is 84.5. The summed E-state index contributed by atoms with van der Waals surface area (Å²) in [6, 6.07) is -0.259. The summed E-state index contributed by atoms with van der Waals surface area (Å²) in [5.74, 6) is 0.800. The van der Waals surface area contributed by atoms with Crippen molar-refractivity contribution in [2.45, 2.75) is 13.0 Å². The molecular weight excluding hydrogens is 122 g/mol. The summed E-state index contributed by atoms with van der Waals surface area (Å²) in [4.78, 5) is 10.4. The van der Waals surface area contributed by atoms with Crippen LogP contribution in [-0.4, -0.2) is 23.8 Å². The lowest BCUT2D eigenvalue weighted by Gasteiger charge is -2.02. The molecular formula is C5H11NOS. The van der Waals surface area contributed by atoms with Crippen molar-refractivity contribution < 1.29 is 4.79 Å². The van der Waals surface area contributed by atoms with Crippen LogP contribution in [0.1, 0.15) is 6.92 Å². The van der Waals surface area contributed by atoms with E-state index < -0.39 is 0 Å². The lowest BCUT2D eigenvalue weighted by Crippen LogP contribution is -2.30. The average molecular weight is 133 g/mol. The lowest BCUT2D eigenvalue weighted by atomic mass is 10.3. The highest BCUT2D eigenvalue weighted by Gasteiger charge is 2.04. The molecule has 3 heteroatoms. The van der Waals surface area contributed by atoms with E-state index in [4.69, 9.17) is 5.73 Å². The van der Waals surface area contributed by atoms with Gasteiger partial charge >= 0.3 is 0 Å². The second kappa shape index (κ2) is 3.92. The van der Waals surface area contributed by atoms with Gasteiger partial charge < -0.3 is 5.73 Å². The van der Waals surface area contributed by atoms with Crippen molar-refractivity contribution in [2.75, 3.05) is 12.0 Å². The molecule has 1 atom stereocenters. The van der Waals surface area contributed by atoms with Crippen LogP contribution in [0.4, 0.5) is 0 Å². The fourth-order valence-electron chi connectivity index (χ4n) is 0.297. The molecule has 0 aromatic heterocycles. The molecule has 0 fully saturated rings. The summed E-state index contributed by atoms with van der Waals surface area (Å²) in [6.45, 7) is 1.51. The first-order valence-corrected chi connectivity index (χ1v) is 3.83. The molecule has 2 nitrogen and oxygen atoms in total. The van der Waals surface area contributed by atoms with E-state index >= 15 is 0 Å². The van der Waals surface area contributed by atoms with Crippen molar-refractivity contribution in [1.82, 2.24) is 0 Å². The van der Waals surface area contributed by atoms with E-state index in [0.717, 1.165) is 5.75 Å².